The van der Waals surface area contributed by atoms with Crippen LogP contribution in [0.3, 0.4) is 0 Å². The van der Waals surface area contributed by atoms with Gasteiger partial charge in [-0.1, -0.05) is 61.7 Å². The highest BCUT2D eigenvalue weighted by molar-refractivity contribution is 7.92. The summed E-state index contributed by atoms with van der Waals surface area (Å²) in [6, 6.07) is 19.6. The molecule has 0 aliphatic heterocycles. The number of amides is 2. The molecule has 0 heterocycles. The third-order valence-corrected chi connectivity index (χ3v) is 8.95. The molecule has 0 spiro atoms. The number of carbonyl (C=O) groups excluding carboxylic acids is 2. The molecule has 43 heavy (non-hydrogen) atoms. The zero-order valence-corrected chi connectivity index (χ0v) is 25.2. The molecule has 10 heteroatoms. The summed E-state index contributed by atoms with van der Waals surface area (Å²) in [6.07, 6.45) is 6.48. The topological polar surface area (TPSA) is 86.8 Å². The lowest BCUT2D eigenvalue weighted by Crippen LogP contribution is -2.52. The molecule has 4 rings (SSSR count). The minimum absolute atomic E-state index is 0.00177. The lowest BCUT2D eigenvalue weighted by molar-refractivity contribution is -0.141. The van der Waals surface area contributed by atoms with Gasteiger partial charge in [-0.25, -0.2) is 17.2 Å². The van der Waals surface area contributed by atoms with E-state index in [4.69, 9.17) is 0 Å². The van der Waals surface area contributed by atoms with E-state index in [2.05, 4.69) is 5.32 Å². The molecule has 1 saturated carbocycles. The Hall–Kier alpha value is -3.79. The van der Waals surface area contributed by atoms with Crippen LogP contribution in [0.4, 0.5) is 14.5 Å². The number of nitrogens with zero attached hydrogens (tertiary/aromatic N) is 2. The van der Waals surface area contributed by atoms with Crippen LogP contribution in [0.1, 0.15) is 56.1 Å². The maximum absolute atomic E-state index is 13.9. The smallest absolute Gasteiger partial charge is 0.243 e. The van der Waals surface area contributed by atoms with Crippen molar-refractivity contribution in [1.82, 2.24) is 10.2 Å². The number of carbonyl (C=O) groups is 2. The summed E-state index contributed by atoms with van der Waals surface area (Å²) in [5.41, 5.74) is 1.86. The van der Waals surface area contributed by atoms with Crippen LogP contribution in [0.25, 0.3) is 0 Å². The molecular formula is C33H39F2N3O4S. The van der Waals surface area contributed by atoms with Crippen LogP contribution in [0.15, 0.2) is 78.9 Å². The Bertz CT molecular complexity index is 1450. The van der Waals surface area contributed by atoms with Gasteiger partial charge in [0.25, 0.3) is 0 Å². The summed E-state index contributed by atoms with van der Waals surface area (Å²) >= 11 is 0. The highest BCUT2D eigenvalue weighted by atomic mass is 32.2. The Morgan fingerprint density at radius 1 is 0.860 bits per heavy atom. The minimum Gasteiger partial charge on any atom is -0.352 e. The van der Waals surface area contributed by atoms with Crippen molar-refractivity contribution in [3.05, 3.63) is 102 Å². The van der Waals surface area contributed by atoms with Crippen molar-refractivity contribution in [2.24, 2.45) is 0 Å². The molecule has 7 nitrogen and oxygen atoms in total. The zero-order valence-electron chi connectivity index (χ0n) is 24.4. The number of sulfonamides is 1. The van der Waals surface area contributed by atoms with Gasteiger partial charge in [0, 0.05) is 32.0 Å². The van der Waals surface area contributed by atoms with E-state index in [0.29, 0.717) is 11.3 Å². The molecule has 1 fully saturated rings. The average Bonchev–Trinajstić information content (AvgIpc) is 2.99. The Morgan fingerprint density at radius 2 is 1.47 bits per heavy atom. The van der Waals surface area contributed by atoms with Crippen molar-refractivity contribution < 1.29 is 26.8 Å². The molecule has 0 bridgehead atoms. The summed E-state index contributed by atoms with van der Waals surface area (Å²) in [7, 11) is -3.70. The van der Waals surface area contributed by atoms with Crippen molar-refractivity contribution in [3.63, 3.8) is 0 Å². The SMILES string of the molecule is CS(=O)(=O)N(CCCC(=O)N(Cc1ccc(F)cc1)C(Cc1ccccc1)C(=O)NC1CCCCC1)c1ccc(F)cc1. The van der Waals surface area contributed by atoms with E-state index in [0.717, 1.165) is 48.2 Å². The summed E-state index contributed by atoms with van der Waals surface area (Å²) in [4.78, 5) is 29.3. The van der Waals surface area contributed by atoms with Gasteiger partial charge >= 0.3 is 0 Å². The van der Waals surface area contributed by atoms with Gasteiger partial charge in [0.15, 0.2) is 0 Å². The van der Waals surface area contributed by atoms with Gasteiger partial charge in [-0.05, 0) is 66.8 Å². The van der Waals surface area contributed by atoms with Crippen molar-refractivity contribution in [1.29, 1.82) is 0 Å². The molecule has 1 unspecified atom stereocenters. The van der Waals surface area contributed by atoms with E-state index in [-0.39, 0.29) is 50.2 Å². The predicted octanol–water partition coefficient (Wildman–Crippen LogP) is 5.60. The Balaban J connectivity index is 1.58. The maximum atomic E-state index is 13.9. The van der Waals surface area contributed by atoms with Crippen LogP contribution in [0, 0.1) is 11.6 Å². The lowest BCUT2D eigenvalue weighted by atomic mass is 9.94. The molecule has 0 radical (unpaired) electrons. The maximum Gasteiger partial charge on any atom is 0.243 e. The fourth-order valence-corrected chi connectivity index (χ4v) is 6.46. The molecule has 0 saturated heterocycles. The second kappa shape index (κ2) is 15.1. The Kier molecular flexibility index (Phi) is 11.3. The van der Waals surface area contributed by atoms with E-state index in [1.807, 2.05) is 30.3 Å². The van der Waals surface area contributed by atoms with Gasteiger partial charge in [-0.15, -0.1) is 0 Å². The van der Waals surface area contributed by atoms with Crippen LogP contribution in [0.5, 0.6) is 0 Å². The van der Waals surface area contributed by atoms with Crippen molar-refractivity contribution in [2.45, 2.75) is 70.0 Å². The van der Waals surface area contributed by atoms with Crippen molar-refractivity contribution in [2.75, 3.05) is 17.1 Å². The molecular weight excluding hydrogens is 572 g/mol. The third-order valence-electron chi connectivity index (χ3n) is 7.76. The second-order valence-electron chi connectivity index (χ2n) is 11.1. The largest absolute Gasteiger partial charge is 0.352 e. The molecule has 1 N–H and O–H groups in total. The number of hydrogen-bond acceptors (Lipinski definition) is 4. The number of rotatable bonds is 13. The van der Waals surface area contributed by atoms with Crippen LogP contribution < -0.4 is 9.62 Å². The highest BCUT2D eigenvalue weighted by Gasteiger charge is 2.32. The number of halogens is 2. The van der Waals surface area contributed by atoms with Gasteiger partial charge < -0.3 is 10.2 Å². The first-order valence-corrected chi connectivity index (χ1v) is 16.6. The summed E-state index contributed by atoms with van der Waals surface area (Å²) in [5, 5.41) is 3.18. The molecule has 1 aliphatic carbocycles. The van der Waals surface area contributed by atoms with E-state index in [1.165, 1.54) is 41.3 Å². The standard InChI is InChI=1S/C33H39F2N3O4S/c1-43(41,42)38(30-20-18-28(35)19-21-30)22-8-13-32(39)37(24-26-14-16-27(34)17-15-26)31(23-25-9-4-2-5-10-25)33(40)36-29-11-6-3-7-12-29/h2,4-5,9-10,14-21,29,31H,3,6-8,11-13,22-24H2,1H3,(H,36,40). The first kappa shape index (κ1) is 32.1. The van der Waals surface area contributed by atoms with Crippen LogP contribution in [-0.4, -0.2) is 50.0 Å². The fraction of sp³-hybridized carbons (Fsp3) is 0.394. The third kappa shape index (κ3) is 9.61. The predicted molar refractivity (Wildman–Crippen MR) is 164 cm³/mol. The normalized spacial score (nSPS) is 14.6. The monoisotopic (exact) mass is 611 g/mol. The quantitative estimate of drug-likeness (QED) is 0.273. The molecule has 3 aromatic carbocycles. The summed E-state index contributed by atoms with van der Waals surface area (Å²) < 4.78 is 53.4. The van der Waals surface area contributed by atoms with Gasteiger partial charge in [0.05, 0.1) is 11.9 Å². The van der Waals surface area contributed by atoms with E-state index < -0.39 is 27.7 Å². The molecule has 2 amide bonds. The molecule has 3 aromatic rings. The number of anilines is 1. The zero-order chi connectivity index (χ0) is 30.8. The van der Waals surface area contributed by atoms with E-state index in [9.17, 15) is 26.8 Å². The van der Waals surface area contributed by atoms with Crippen LogP contribution in [0.2, 0.25) is 0 Å². The van der Waals surface area contributed by atoms with Crippen LogP contribution in [-0.2, 0) is 32.6 Å². The number of nitrogens with one attached hydrogen (secondary N) is 1. The van der Waals surface area contributed by atoms with Gasteiger partial charge in [-0.2, -0.15) is 0 Å². The molecule has 0 aromatic heterocycles. The second-order valence-corrected chi connectivity index (χ2v) is 13.0. The number of hydrogen-bond donors (Lipinski definition) is 1. The van der Waals surface area contributed by atoms with Gasteiger partial charge in [0.2, 0.25) is 21.8 Å². The Labute approximate surface area is 252 Å². The molecule has 230 valence electrons. The summed E-state index contributed by atoms with van der Waals surface area (Å²) in [5.74, 6) is -1.45. The number of benzene rings is 3. The van der Waals surface area contributed by atoms with Crippen molar-refractivity contribution in [3.8, 4) is 0 Å². The lowest BCUT2D eigenvalue weighted by Gasteiger charge is -2.34. The minimum atomic E-state index is -3.70. The molecule has 1 aliphatic rings. The Morgan fingerprint density at radius 3 is 2.07 bits per heavy atom. The fourth-order valence-electron chi connectivity index (χ4n) is 5.50. The summed E-state index contributed by atoms with van der Waals surface area (Å²) in [6.45, 7) is 0.0840. The van der Waals surface area contributed by atoms with Crippen LogP contribution >= 0.6 is 0 Å². The first-order chi connectivity index (χ1) is 20.6. The van der Waals surface area contributed by atoms with Crippen molar-refractivity contribution >= 4 is 27.5 Å². The highest BCUT2D eigenvalue weighted by Crippen LogP contribution is 2.22. The first-order valence-electron chi connectivity index (χ1n) is 14.7. The van der Waals surface area contributed by atoms with Gasteiger partial charge in [-0.3, -0.25) is 13.9 Å². The average molecular weight is 612 g/mol. The molecule has 1 atom stereocenters. The van der Waals surface area contributed by atoms with E-state index in [1.54, 1.807) is 12.1 Å². The van der Waals surface area contributed by atoms with Gasteiger partial charge in [0.1, 0.15) is 17.7 Å². The van der Waals surface area contributed by atoms with E-state index >= 15 is 0 Å².